The average molecular weight is 413 g/mol. The van der Waals surface area contributed by atoms with Crippen molar-refractivity contribution >= 4 is 38.3 Å². The number of anilines is 1. The van der Waals surface area contributed by atoms with E-state index in [9.17, 15) is 0 Å². The van der Waals surface area contributed by atoms with Crippen LogP contribution in [-0.2, 0) is 12.8 Å². The molecule has 5 heteroatoms. The van der Waals surface area contributed by atoms with E-state index in [2.05, 4.69) is 62.8 Å². The van der Waals surface area contributed by atoms with Crippen LogP contribution in [0.25, 0.3) is 21.1 Å². The summed E-state index contributed by atoms with van der Waals surface area (Å²) >= 11 is 1.78. The van der Waals surface area contributed by atoms with E-state index in [1.54, 1.807) is 11.3 Å². The molecule has 0 bridgehead atoms. The Labute approximate surface area is 179 Å². The van der Waals surface area contributed by atoms with Crippen molar-refractivity contribution in [3.8, 4) is 0 Å². The van der Waals surface area contributed by atoms with Gasteiger partial charge in [0.15, 0.2) is 5.82 Å². The zero-order valence-electron chi connectivity index (χ0n) is 18.7. The second-order valence-corrected chi connectivity index (χ2v) is 10.2. The summed E-state index contributed by atoms with van der Waals surface area (Å²) in [4.78, 5) is 11.9. The molecule has 0 aliphatic heterocycles. The summed E-state index contributed by atoms with van der Waals surface area (Å²) in [6, 6.07) is 6.69. The Bertz CT molecular complexity index is 955. The van der Waals surface area contributed by atoms with Gasteiger partial charge in [0.05, 0.1) is 15.2 Å². The van der Waals surface area contributed by atoms with E-state index in [4.69, 9.17) is 10.7 Å². The number of thiazole rings is 1. The fraction of sp³-hybridized carbons (Fsp3) is 0.583. The monoisotopic (exact) mass is 412 g/mol. The molecule has 0 saturated heterocycles. The third-order valence-electron chi connectivity index (χ3n) is 5.81. The Morgan fingerprint density at radius 2 is 1.83 bits per heavy atom. The minimum absolute atomic E-state index is 0.252. The Hall–Kier alpha value is -1.72. The molecule has 2 heterocycles. The lowest BCUT2D eigenvalue weighted by Gasteiger charge is -2.31. The van der Waals surface area contributed by atoms with Crippen molar-refractivity contribution in [1.29, 1.82) is 0 Å². The molecule has 0 spiro atoms. The SMILES string of the molecule is CCCCc1nc2c(N)nc3cc(CCCCCN(C)C(C)(C)C)ccc3c2s1. The number of rotatable bonds is 9. The number of nitrogen functional groups attached to an aromatic ring is 1. The second-order valence-electron chi connectivity index (χ2n) is 9.14. The molecule has 0 atom stereocenters. The van der Waals surface area contributed by atoms with Gasteiger partial charge in [-0.1, -0.05) is 31.9 Å². The van der Waals surface area contributed by atoms with Crippen molar-refractivity contribution in [3.05, 3.63) is 28.8 Å². The zero-order chi connectivity index (χ0) is 21.0. The summed E-state index contributed by atoms with van der Waals surface area (Å²) < 4.78 is 1.19. The van der Waals surface area contributed by atoms with Gasteiger partial charge in [-0.3, -0.25) is 0 Å². The number of nitrogens with zero attached hydrogens (tertiary/aromatic N) is 3. The number of nitrogens with two attached hydrogens (primary N) is 1. The smallest absolute Gasteiger partial charge is 0.151 e. The summed E-state index contributed by atoms with van der Waals surface area (Å²) in [7, 11) is 2.22. The topological polar surface area (TPSA) is 55.0 Å². The van der Waals surface area contributed by atoms with Crippen LogP contribution in [-0.4, -0.2) is 34.0 Å². The predicted octanol–water partition coefficient (Wildman–Crippen LogP) is 6.21. The van der Waals surface area contributed by atoms with Crippen LogP contribution in [0.3, 0.4) is 0 Å². The lowest BCUT2D eigenvalue weighted by atomic mass is 10.0. The standard InChI is InChI=1S/C24H36N4S/c1-6-7-12-20-27-21-22(29-20)18-14-13-17(16-19(18)26-23(21)25)11-9-8-10-15-28(5)24(2,3)4/h13-14,16H,6-12,15H2,1-5H3,(H2,25,26). The Balaban J connectivity index is 1.66. The number of unbranched alkanes of at least 4 members (excludes halogenated alkanes) is 3. The van der Waals surface area contributed by atoms with Crippen LogP contribution in [0.1, 0.15) is 70.4 Å². The number of fused-ring (bicyclic) bond motifs is 3. The lowest BCUT2D eigenvalue weighted by molar-refractivity contribution is 0.172. The number of aryl methyl sites for hydroxylation is 2. The fourth-order valence-electron chi connectivity index (χ4n) is 3.55. The summed E-state index contributed by atoms with van der Waals surface area (Å²) in [6.45, 7) is 10.2. The molecule has 3 aromatic rings. The van der Waals surface area contributed by atoms with Crippen molar-refractivity contribution in [2.75, 3.05) is 19.3 Å². The molecular formula is C24H36N4S. The van der Waals surface area contributed by atoms with Gasteiger partial charge in [0, 0.05) is 10.9 Å². The zero-order valence-corrected chi connectivity index (χ0v) is 19.5. The highest BCUT2D eigenvalue weighted by Gasteiger charge is 2.16. The highest BCUT2D eigenvalue weighted by Crippen LogP contribution is 2.33. The molecule has 3 rings (SSSR count). The normalized spacial score (nSPS) is 12.5. The minimum Gasteiger partial charge on any atom is -0.382 e. The van der Waals surface area contributed by atoms with Crippen molar-refractivity contribution in [3.63, 3.8) is 0 Å². The van der Waals surface area contributed by atoms with Gasteiger partial charge in [0.1, 0.15) is 5.52 Å². The van der Waals surface area contributed by atoms with E-state index < -0.39 is 0 Å². The quantitative estimate of drug-likeness (QED) is 0.424. The van der Waals surface area contributed by atoms with Crippen LogP contribution in [0.2, 0.25) is 0 Å². The molecule has 0 unspecified atom stereocenters. The van der Waals surface area contributed by atoms with E-state index in [0.717, 1.165) is 30.4 Å². The van der Waals surface area contributed by atoms with Gasteiger partial charge < -0.3 is 10.6 Å². The molecule has 2 N–H and O–H groups in total. The number of pyridine rings is 1. The van der Waals surface area contributed by atoms with E-state index >= 15 is 0 Å². The molecule has 158 valence electrons. The number of aromatic nitrogens is 2. The molecule has 0 aliphatic rings. The van der Waals surface area contributed by atoms with Crippen molar-refractivity contribution < 1.29 is 0 Å². The molecule has 29 heavy (non-hydrogen) atoms. The van der Waals surface area contributed by atoms with Crippen LogP contribution >= 0.6 is 11.3 Å². The van der Waals surface area contributed by atoms with Gasteiger partial charge in [-0.25, -0.2) is 9.97 Å². The van der Waals surface area contributed by atoms with Gasteiger partial charge in [0.2, 0.25) is 0 Å². The maximum atomic E-state index is 6.25. The summed E-state index contributed by atoms with van der Waals surface area (Å²) in [5.41, 5.74) is 9.73. The van der Waals surface area contributed by atoms with Crippen LogP contribution in [0.5, 0.6) is 0 Å². The number of hydrogen-bond donors (Lipinski definition) is 1. The third kappa shape index (κ3) is 5.46. The van der Waals surface area contributed by atoms with Gasteiger partial charge in [-0.05, 0) is 78.1 Å². The van der Waals surface area contributed by atoms with Crippen molar-refractivity contribution in [2.45, 2.75) is 78.2 Å². The first-order chi connectivity index (χ1) is 13.8. The Kier molecular flexibility index (Phi) is 7.12. The molecule has 2 aromatic heterocycles. The highest BCUT2D eigenvalue weighted by atomic mass is 32.1. The van der Waals surface area contributed by atoms with Crippen molar-refractivity contribution in [1.82, 2.24) is 14.9 Å². The van der Waals surface area contributed by atoms with Crippen molar-refractivity contribution in [2.24, 2.45) is 0 Å². The second kappa shape index (κ2) is 9.40. The molecule has 0 saturated carbocycles. The maximum absolute atomic E-state index is 6.25. The van der Waals surface area contributed by atoms with Gasteiger partial charge >= 0.3 is 0 Å². The predicted molar refractivity (Wildman–Crippen MR) is 128 cm³/mol. The fourth-order valence-corrected chi connectivity index (χ4v) is 4.69. The minimum atomic E-state index is 0.252. The number of hydrogen-bond acceptors (Lipinski definition) is 5. The van der Waals surface area contributed by atoms with Crippen LogP contribution in [0.15, 0.2) is 18.2 Å². The Morgan fingerprint density at radius 1 is 1.03 bits per heavy atom. The maximum Gasteiger partial charge on any atom is 0.151 e. The highest BCUT2D eigenvalue weighted by molar-refractivity contribution is 7.19. The Morgan fingerprint density at radius 3 is 2.55 bits per heavy atom. The van der Waals surface area contributed by atoms with Gasteiger partial charge in [0.25, 0.3) is 0 Å². The largest absolute Gasteiger partial charge is 0.382 e. The molecule has 0 radical (unpaired) electrons. The summed E-state index contributed by atoms with van der Waals surface area (Å²) in [5.74, 6) is 0.564. The first-order valence-electron chi connectivity index (χ1n) is 11.0. The van der Waals surface area contributed by atoms with Gasteiger partial charge in [-0.2, -0.15) is 0 Å². The van der Waals surface area contributed by atoms with E-state index in [1.165, 1.54) is 52.8 Å². The molecule has 0 aliphatic carbocycles. The third-order valence-corrected chi connectivity index (χ3v) is 6.96. The molecule has 0 amide bonds. The molecular weight excluding hydrogens is 376 g/mol. The molecule has 1 aromatic carbocycles. The first-order valence-corrected chi connectivity index (χ1v) is 11.8. The molecule has 4 nitrogen and oxygen atoms in total. The van der Waals surface area contributed by atoms with E-state index in [-0.39, 0.29) is 5.54 Å². The first kappa shape index (κ1) is 22.0. The number of benzene rings is 1. The van der Waals surface area contributed by atoms with Crippen LogP contribution in [0, 0.1) is 0 Å². The van der Waals surface area contributed by atoms with Crippen LogP contribution in [0.4, 0.5) is 5.82 Å². The van der Waals surface area contributed by atoms with Crippen LogP contribution < -0.4 is 5.73 Å². The van der Waals surface area contributed by atoms with E-state index in [0.29, 0.717) is 5.82 Å². The average Bonchev–Trinajstić information content (AvgIpc) is 3.10. The molecule has 0 fully saturated rings. The van der Waals surface area contributed by atoms with Gasteiger partial charge in [-0.15, -0.1) is 11.3 Å². The lowest BCUT2D eigenvalue weighted by Crippen LogP contribution is -2.38. The summed E-state index contributed by atoms with van der Waals surface area (Å²) in [6.07, 6.45) is 8.18. The summed E-state index contributed by atoms with van der Waals surface area (Å²) in [5, 5.41) is 2.36. The van der Waals surface area contributed by atoms with E-state index in [1.807, 2.05) is 0 Å².